The van der Waals surface area contributed by atoms with Gasteiger partial charge in [0.15, 0.2) is 11.8 Å². The van der Waals surface area contributed by atoms with Gasteiger partial charge in [-0.15, -0.1) is 0 Å². The van der Waals surface area contributed by atoms with Gasteiger partial charge < -0.3 is 39.7 Å². The van der Waals surface area contributed by atoms with Crippen LogP contribution in [0.25, 0.3) is 11.0 Å². The van der Waals surface area contributed by atoms with Crippen LogP contribution in [0.1, 0.15) is 19.8 Å². The summed E-state index contributed by atoms with van der Waals surface area (Å²) in [6, 6.07) is 7.12. The Hall–Kier alpha value is -4.53. The molecule has 0 aliphatic carbocycles. The van der Waals surface area contributed by atoms with Gasteiger partial charge in [0.1, 0.15) is 42.6 Å². The largest absolute Gasteiger partial charge is 0.479 e. The summed E-state index contributed by atoms with van der Waals surface area (Å²) in [5.41, 5.74) is 0.397. The van der Waals surface area contributed by atoms with E-state index in [4.69, 9.17) is 26.3 Å². The van der Waals surface area contributed by atoms with Crippen molar-refractivity contribution < 1.29 is 44.3 Å². The summed E-state index contributed by atoms with van der Waals surface area (Å²) in [6.07, 6.45) is -5.81. The van der Waals surface area contributed by atoms with E-state index in [1.807, 2.05) is 18.0 Å². The maximum Gasteiger partial charge on any atom is 0.335 e. The number of nitriles is 1. The number of hydrogen-bond donors (Lipinski definition) is 4. The second-order valence-electron chi connectivity index (χ2n) is 11.5. The Morgan fingerprint density at radius 1 is 1.15 bits per heavy atom. The third-order valence-corrected chi connectivity index (χ3v) is 8.86. The Bertz CT molecular complexity index is 1710. The number of anilines is 2. The molecule has 250 valence electrons. The van der Waals surface area contributed by atoms with Crippen molar-refractivity contribution >= 4 is 52.0 Å². The van der Waals surface area contributed by atoms with E-state index in [2.05, 4.69) is 16.9 Å². The van der Waals surface area contributed by atoms with Crippen molar-refractivity contribution in [3.05, 3.63) is 41.8 Å². The lowest BCUT2D eigenvalue weighted by Crippen LogP contribution is -2.61. The Kier molecular flexibility index (Phi) is 9.84. The van der Waals surface area contributed by atoms with Crippen LogP contribution in [-0.4, -0.2) is 122 Å². The van der Waals surface area contributed by atoms with Crippen LogP contribution >= 0.6 is 11.6 Å². The van der Waals surface area contributed by atoms with Gasteiger partial charge in [-0.2, -0.15) is 5.26 Å². The molecule has 1 aromatic carbocycles. The number of likely N-dealkylation sites (N-methyl/N-ethyl adjacent to an activating group) is 1. The molecule has 0 unspecified atom stereocenters. The molecule has 2 amide bonds. The molecule has 3 aromatic rings. The average Bonchev–Trinajstić information content (AvgIpc) is 3.49. The SMILES string of the molecule is C[C@@H]1CCN(C(=O)CC#N)C[C@@H]1N(C)c1ncnc2c1ccn2C(=O)N(C)c1cc(Cl)ccc1O[C@@H]1O[C@H](C(=O)O)[C@@H](O)[C@H](O)[C@H]1O. The van der Waals surface area contributed by atoms with Crippen molar-refractivity contribution in [3.63, 3.8) is 0 Å². The molecule has 0 saturated carbocycles. The Balaban J connectivity index is 1.42. The van der Waals surface area contributed by atoms with E-state index in [0.29, 0.717) is 24.3 Å². The predicted octanol–water partition coefficient (Wildman–Crippen LogP) is 1.05. The number of ether oxygens (including phenoxy) is 2. The lowest BCUT2D eigenvalue weighted by atomic mass is 9.92. The first kappa shape index (κ1) is 33.8. The second kappa shape index (κ2) is 13.7. The Morgan fingerprint density at radius 3 is 2.60 bits per heavy atom. The number of rotatable bonds is 7. The average molecular weight is 672 g/mol. The number of carbonyl (C=O) groups excluding carboxylic acids is 2. The number of aliphatic hydroxyl groups excluding tert-OH is 3. The summed E-state index contributed by atoms with van der Waals surface area (Å²) < 4.78 is 12.3. The van der Waals surface area contributed by atoms with E-state index in [1.54, 1.807) is 11.0 Å². The fraction of sp³-hybridized carbons (Fsp3) is 0.467. The lowest BCUT2D eigenvalue weighted by molar-refractivity contribution is -0.271. The third kappa shape index (κ3) is 6.53. The van der Waals surface area contributed by atoms with Gasteiger partial charge in [-0.1, -0.05) is 18.5 Å². The number of fused-ring (bicyclic) bond motifs is 1. The third-order valence-electron chi connectivity index (χ3n) is 8.62. The molecule has 7 atom stereocenters. The van der Waals surface area contributed by atoms with Gasteiger partial charge >= 0.3 is 12.0 Å². The number of piperidine rings is 1. The number of carboxylic acid groups (broad SMARTS) is 1. The molecule has 0 bridgehead atoms. The summed E-state index contributed by atoms with van der Waals surface area (Å²) in [5, 5.41) is 49.9. The number of benzene rings is 1. The van der Waals surface area contributed by atoms with E-state index in [9.17, 15) is 34.8 Å². The second-order valence-corrected chi connectivity index (χ2v) is 12.0. The Morgan fingerprint density at radius 2 is 1.89 bits per heavy atom. The molecule has 4 heterocycles. The van der Waals surface area contributed by atoms with Crippen LogP contribution in [0.3, 0.4) is 0 Å². The molecule has 5 rings (SSSR count). The number of aliphatic hydroxyl groups is 3. The number of aromatic nitrogens is 3. The van der Waals surface area contributed by atoms with Crippen LogP contribution in [0.15, 0.2) is 36.8 Å². The minimum atomic E-state index is -1.91. The standard InChI is InChI=1S/C30H34ClN7O9/c1-15-7-10-37(21(39)6-9-32)13-19(15)35(2)26-17-8-11-38(27(17)34-14-33-26)30(45)36(3)18-12-16(31)4-5-20(18)46-29-24(42)22(40)23(41)25(47-29)28(43)44/h4-5,8,11-12,14-15,19,22-25,29,40-42H,6-7,10,13H2,1-3H3,(H,43,44)/t15-,19+,22+,23+,24-,25+,29-/m1/s1. The summed E-state index contributed by atoms with van der Waals surface area (Å²) in [4.78, 5) is 51.6. The minimum Gasteiger partial charge on any atom is -0.479 e. The number of carboxylic acids is 1. The van der Waals surface area contributed by atoms with Crippen molar-refractivity contribution in [3.8, 4) is 11.8 Å². The van der Waals surface area contributed by atoms with Crippen molar-refractivity contribution in [2.24, 2.45) is 5.92 Å². The number of nitrogens with zero attached hydrogens (tertiary/aromatic N) is 7. The van der Waals surface area contributed by atoms with Gasteiger partial charge in [0.05, 0.1) is 23.2 Å². The zero-order valence-corrected chi connectivity index (χ0v) is 26.4. The number of hydrogen-bond acceptors (Lipinski definition) is 12. The highest BCUT2D eigenvalue weighted by molar-refractivity contribution is 6.31. The monoisotopic (exact) mass is 671 g/mol. The Labute approximate surface area is 273 Å². The summed E-state index contributed by atoms with van der Waals surface area (Å²) >= 11 is 6.25. The van der Waals surface area contributed by atoms with Crippen LogP contribution in [0.4, 0.5) is 16.3 Å². The number of halogens is 1. The number of aliphatic carboxylic acids is 1. The number of amides is 2. The first-order chi connectivity index (χ1) is 22.3. The molecular weight excluding hydrogens is 638 g/mol. The normalized spacial score (nSPS) is 26.0. The molecule has 2 fully saturated rings. The highest BCUT2D eigenvalue weighted by atomic mass is 35.5. The molecule has 47 heavy (non-hydrogen) atoms. The van der Waals surface area contributed by atoms with Crippen LogP contribution in [0.5, 0.6) is 5.75 Å². The van der Waals surface area contributed by atoms with Crippen LogP contribution in [0, 0.1) is 17.2 Å². The molecule has 4 N–H and O–H groups in total. The van der Waals surface area contributed by atoms with Crippen molar-refractivity contribution in [2.75, 3.05) is 37.0 Å². The van der Waals surface area contributed by atoms with E-state index in [0.717, 1.165) is 6.42 Å². The van der Waals surface area contributed by atoms with Crippen molar-refractivity contribution in [2.45, 2.75) is 56.5 Å². The summed E-state index contributed by atoms with van der Waals surface area (Å²) in [6.45, 7) is 3.06. The smallest absolute Gasteiger partial charge is 0.335 e. The van der Waals surface area contributed by atoms with E-state index >= 15 is 0 Å². The minimum absolute atomic E-state index is 0.0460. The molecule has 2 aromatic heterocycles. The maximum atomic E-state index is 13.9. The van der Waals surface area contributed by atoms with Gasteiger partial charge in [0, 0.05) is 38.4 Å². The topological polar surface area (TPSA) is 215 Å². The zero-order chi connectivity index (χ0) is 34.2. The fourth-order valence-corrected chi connectivity index (χ4v) is 6.05. The summed E-state index contributed by atoms with van der Waals surface area (Å²) in [7, 11) is 3.29. The summed E-state index contributed by atoms with van der Waals surface area (Å²) in [5.74, 6) is -1.10. The molecule has 16 nitrogen and oxygen atoms in total. The first-order valence-corrected chi connectivity index (χ1v) is 15.1. The molecule has 2 saturated heterocycles. The first-order valence-electron chi connectivity index (χ1n) is 14.7. The molecule has 0 radical (unpaired) electrons. The highest BCUT2D eigenvalue weighted by Gasteiger charge is 2.48. The molecular formula is C30H34ClN7O9. The zero-order valence-electron chi connectivity index (χ0n) is 25.7. The molecule has 2 aliphatic heterocycles. The quantitative estimate of drug-likeness (QED) is 0.277. The maximum absolute atomic E-state index is 13.9. The molecule has 2 aliphatic rings. The lowest BCUT2D eigenvalue weighted by Gasteiger charge is -2.42. The van der Waals surface area contributed by atoms with Crippen LogP contribution < -0.4 is 14.5 Å². The van der Waals surface area contributed by atoms with Gasteiger partial charge in [0.2, 0.25) is 12.2 Å². The number of likely N-dealkylation sites (tertiary alicyclic amines) is 1. The van der Waals surface area contributed by atoms with Gasteiger partial charge in [-0.05, 0) is 36.6 Å². The van der Waals surface area contributed by atoms with Gasteiger partial charge in [-0.25, -0.2) is 19.6 Å². The van der Waals surface area contributed by atoms with E-state index in [-0.39, 0.29) is 46.4 Å². The van der Waals surface area contributed by atoms with E-state index in [1.165, 1.54) is 47.2 Å². The predicted molar refractivity (Wildman–Crippen MR) is 166 cm³/mol. The fourth-order valence-electron chi connectivity index (χ4n) is 5.88. The van der Waals surface area contributed by atoms with E-state index < -0.39 is 42.7 Å². The van der Waals surface area contributed by atoms with Crippen LogP contribution in [-0.2, 0) is 14.3 Å². The van der Waals surface area contributed by atoms with Gasteiger partial charge in [0.25, 0.3) is 0 Å². The van der Waals surface area contributed by atoms with Crippen molar-refractivity contribution in [1.29, 1.82) is 5.26 Å². The number of carbonyl (C=O) groups is 3. The van der Waals surface area contributed by atoms with Crippen LogP contribution in [0.2, 0.25) is 5.02 Å². The van der Waals surface area contributed by atoms with Gasteiger partial charge in [-0.3, -0.25) is 14.3 Å². The molecule has 0 spiro atoms. The highest BCUT2D eigenvalue weighted by Crippen LogP contribution is 2.35. The van der Waals surface area contributed by atoms with Crippen molar-refractivity contribution in [1.82, 2.24) is 19.4 Å². The molecule has 17 heteroatoms.